The molecular weight excluding hydrogens is 446 g/mol. The third-order valence-electron chi connectivity index (χ3n) is 5.89. The summed E-state index contributed by atoms with van der Waals surface area (Å²) in [5.41, 5.74) is 0.534. The zero-order valence-electron chi connectivity index (χ0n) is 18.2. The van der Waals surface area contributed by atoms with E-state index in [2.05, 4.69) is 16.4 Å². The molecule has 0 heterocycles. The zero-order valence-corrected chi connectivity index (χ0v) is 18.2. The van der Waals surface area contributed by atoms with Crippen LogP contribution >= 0.6 is 0 Å². The van der Waals surface area contributed by atoms with E-state index in [-0.39, 0.29) is 6.08 Å². The summed E-state index contributed by atoms with van der Waals surface area (Å²) in [6.07, 6.45) is 0.675. The van der Waals surface area contributed by atoms with Crippen LogP contribution in [-0.4, -0.2) is 6.43 Å². The molecule has 0 aliphatic heterocycles. The Balaban J connectivity index is 1.67. The van der Waals surface area contributed by atoms with Gasteiger partial charge >= 0.3 is 6.11 Å². The molecule has 2 aromatic carbocycles. The Morgan fingerprint density at radius 3 is 2.15 bits per heavy atom. The van der Waals surface area contributed by atoms with Gasteiger partial charge in [0.15, 0.2) is 17.4 Å². The molecule has 2 nitrogen and oxygen atoms in total. The second kappa shape index (κ2) is 11.0. The third kappa shape index (κ3) is 6.68. The lowest BCUT2D eigenvalue weighted by Gasteiger charge is -2.29. The van der Waals surface area contributed by atoms with Crippen molar-refractivity contribution in [1.29, 1.82) is 0 Å². The smallest absolute Gasteiger partial charge is 0.426 e. The number of halogens is 6. The van der Waals surface area contributed by atoms with E-state index in [9.17, 15) is 26.3 Å². The Bertz CT molecular complexity index is 911. The van der Waals surface area contributed by atoms with Gasteiger partial charge in [0.2, 0.25) is 0 Å². The molecule has 0 bridgehead atoms. The number of hydrogen-bond acceptors (Lipinski definition) is 2. The second-order valence-electron chi connectivity index (χ2n) is 8.24. The maximum atomic E-state index is 14.6. The summed E-state index contributed by atoms with van der Waals surface area (Å²) in [6, 6.07) is 6.81. The van der Waals surface area contributed by atoms with Gasteiger partial charge in [-0.15, -0.1) is 0 Å². The van der Waals surface area contributed by atoms with E-state index in [4.69, 9.17) is 0 Å². The lowest BCUT2D eigenvalue weighted by molar-refractivity contribution is -0.185. The van der Waals surface area contributed by atoms with Crippen LogP contribution in [0.3, 0.4) is 0 Å². The van der Waals surface area contributed by atoms with Gasteiger partial charge in [0.05, 0.1) is 11.8 Å². The monoisotopic (exact) mass is 472 g/mol. The quantitative estimate of drug-likeness (QED) is 0.270. The van der Waals surface area contributed by atoms with E-state index in [0.29, 0.717) is 24.3 Å². The van der Waals surface area contributed by atoms with Gasteiger partial charge in [0.25, 0.3) is 6.43 Å². The lowest BCUT2D eigenvalue weighted by atomic mass is 9.77. The summed E-state index contributed by atoms with van der Waals surface area (Å²) in [4.78, 5) is 0. The van der Waals surface area contributed by atoms with Crippen molar-refractivity contribution in [2.24, 2.45) is 5.92 Å². The fourth-order valence-electron chi connectivity index (χ4n) is 4.22. The van der Waals surface area contributed by atoms with Crippen LogP contribution in [0.1, 0.15) is 62.5 Å². The topological polar surface area (TPSA) is 18.5 Å². The highest BCUT2D eigenvalue weighted by Crippen LogP contribution is 2.39. The molecule has 0 saturated heterocycles. The van der Waals surface area contributed by atoms with Crippen molar-refractivity contribution in [2.75, 3.05) is 0 Å². The normalized spacial score (nSPS) is 19.3. The molecular formula is C25H26F6O2. The zero-order chi connectivity index (χ0) is 24.0. The number of rotatable bonds is 9. The predicted octanol–water partition coefficient (Wildman–Crippen LogP) is 8.32. The van der Waals surface area contributed by atoms with E-state index in [0.717, 1.165) is 37.2 Å². The Labute approximate surface area is 189 Å². The number of allylic oxidation sites excluding steroid dienone is 1. The molecule has 180 valence electrons. The van der Waals surface area contributed by atoms with Gasteiger partial charge in [0.1, 0.15) is 5.75 Å². The van der Waals surface area contributed by atoms with Crippen LogP contribution in [0.4, 0.5) is 26.3 Å². The van der Waals surface area contributed by atoms with Crippen LogP contribution in [0.5, 0.6) is 11.5 Å². The van der Waals surface area contributed by atoms with Crippen molar-refractivity contribution < 1.29 is 35.8 Å². The third-order valence-corrected chi connectivity index (χ3v) is 5.89. The van der Waals surface area contributed by atoms with Gasteiger partial charge in [-0.2, -0.15) is 8.78 Å². The van der Waals surface area contributed by atoms with Crippen LogP contribution in [0.15, 0.2) is 48.7 Å². The van der Waals surface area contributed by atoms with E-state index < -0.39 is 41.2 Å². The Morgan fingerprint density at radius 2 is 1.61 bits per heavy atom. The van der Waals surface area contributed by atoms with Crippen molar-refractivity contribution in [3.63, 3.8) is 0 Å². The summed E-state index contributed by atoms with van der Waals surface area (Å²) >= 11 is 0. The predicted molar refractivity (Wildman–Crippen MR) is 113 cm³/mol. The highest BCUT2D eigenvalue weighted by atomic mass is 19.3. The summed E-state index contributed by atoms with van der Waals surface area (Å²) in [5, 5.41) is 0. The van der Waals surface area contributed by atoms with Crippen LogP contribution in [0.2, 0.25) is 0 Å². The van der Waals surface area contributed by atoms with Crippen molar-refractivity contribution >= 4 is 0 Å². The van der Waals surface area contributed by atoms with Gasteiger partial charge < -0.3 is 9.47 Å². The minimum Gasteiger partial charge on any atom is -0.459 e. The molecule has 0 atom stereocenters. The number of ether oxygens (including phenoxy) is 2. The van der Waals surface area contributed by atoms with Crippen LogP contribution in [0, 0.1) is 17.6 Å². The Kier molecular flexibility index (Phi) is 8.32. The highest BCUT2D eigenvalue weighted by molar-refractivity contribution is 5.36. The summed E-state index contributed by atoms with van der Waals surface area (Å²) in [7, 11) is 0. The Morgan fingerprint density at radius 1 is 1.00 bits per heavy atom. The van der Waals surface area contributed by atoms with Crippen molar-refractivity contribution in [2.45, 2.75) is 63.9 Å². The van der Waals surface area contributed by atoms with Crippen molar-refractivity contribution in [3.05, 3.63) is 71.5 Å². The molecule has 1 saturated carbocycles. The van der Waals surface area contributed by atoms with Gasteiger partial charge in [-0.05, 0) is 55.2 Å². The average molecular weight is 472 g/mol. The Hall–Kier alpha value is -2.64. The summed E-state index contributed by atoms with van der Waals surface area (Å²) < 4.78 is 90.5. The first kappa shape index (κ1) is 25.0. The standard InChI is InChI=1S/C25H26F6O2/c1-2-3-16-4-6-17(7-5-16)18-8-10-19(11-9-18)25(30,31)33-20-14-21(26)24(22(27)15-20)32-13-12-23(28)29/h8-17,23H,2-7H2,1H3. The lowest BCUT2D eigenvalue weighted by Crippen LogP contribution is -2.22. The van der Waals surface area contributed by atoms with Crippen molar-refractivity contribution in [1.82, 2.24) is 0 Å². The van der Waals surface area contributed by atoms with Gasteiger partial charge in [-0.25, -0.2) is 17.6 Å². The van der Waals surface area contributed by atoms with Gasteiger partial charge in [-0.3, -0.25) is 0 Å². The molecule has 2 aromatic rings. The summed E-state index contributed by atoms with van der Waals surface area (Å²) in [6.45, 7) is 2.17. The summed E-state index contributed by atoms with van der Waals surface area (Å²) in [5.74, 6) is -3.43. The van der Waals surface area contributed by atoms with E-state index in [1.54, 1.807) is 12.1 Å². The first-order valence-corrected chi connectivity index (χ1v) is 11.0. The second-order valence-corrected chi connectivity index (χ2v) is 8.24. The minimum atomic E-state index is -3.84. The first-order valence-electron chi connectivity index (χ1n) is 11.0. The molecule has 0 amide bonds. The fraction of sp³-hybridized carbons (Fsp3) is 0.440. The number of hydrogen-bond donors (Lipinski definition) is 0. The van der Waals surface area contributed by atoms with Gasteiger partial charge in [-0.1, -0.05) is 31.9 Å². The molecule has 0 N–H and O–H groups in total. The van der Waals surface area contributed by atoms with Crippen LogP contribution in [-0.2, 0) is 6.11 Å². The van der Waals surface area contributed by atoms with E-state index >= 15 is 0 Å². The maximum absolute atomic E-state index is 14.6. The number of benzene rings is 2. The van der Waals surface area contributed by atoms with Gasteiger partial charge in [0, 0.05) is 18.2 Å². The molecule has 0 radical (unpaired) electrons. The molecule has 0 aromatic heterocycles. The van der Waals surface area contributed by atoms with Crippen molar-refractivity contribution in [3.8, 4) is 11.5 Å². The molecule has 3 rings (SSSR count). The molecule has 1 fully saturated rings. The molecule has 1 aliphatic rings. The average Bonchev–Trinajstić information content (AvgIpc) is 2.76. The molecule has 1 aliphatic carbocycles. The van der Waals surface area contributed by atoms with E-state index in [1.807, 2.05) is 0 Å². The molecule has 33 heavy (non-hydrogen) atoms. The SMILES string of the molecule is CCCC1CCC(c2ccc(C(F)(F)Oc3cc(F)c(OC=CC(F)F)c(F)c3)cc2)CC1. The number of alkyl halides is 4. The molecule has 0 unspecified atom stereocenters. The fourth-order valence-corrected chi connectivity index (χ4v) is 4.22. The van der Waals surface area contributed by atoms with E-state index in [1.165, 1.54) is 25.0 Å². The molecule has 0 spiro atoms. The van der Waals surface area contributed by atoms with Crippen LogP contribution in [0.25, 0.3) is 0 Å². The molecule has 8 heteroatoms. The highest BCUT2D eigenvalue weighted by Gasteiger charge is 2.35. The largest absolute Gasteiger partial charge is 0.459 e. The first-order chi connectivity index (χ1) is 15.7. The maximum Gasteiger partial charge on any atom is 0.426 e. The minimum absolute atomic E-state index is 0.276. The van der Waals surface area contributed by atoms with Crippen LogP contribution < -0.4 is 9.47 Å².